The molecule has 1 unspecified atom stereocenters. The molecule has 2 N–H and O–H groups in total. The lowest BCUT2D eigenvalue weighted by Gasteiger charge is -2.30. The Kier molecular flexibility index (Phi) is 5.71. The maximum Gasteiger partial charge on any atom is 0.488 e. The standard InChI is InChI=1S/C20H22BN3O5/c25-17-5-1-2-6-18(17)29-12-14-15(21(27)28)7-10-23-19(14)24-11-8-16-13(20(24)26)4-3-9-22-16/h3-4,7,9-10,18,27-28H,1-2,5-6,8,11-12H2. The van der Waals surface area contributed by atoms with E-state index in [9.17, 15) is 19.6 Å². The minimum absolute atomic E-state index is 0.0315. The number of fused-ring (bicyclic) bond motifs is 1. The molecule has 2 aliphatic rings. The Labute approximate surface area is 168 Å². The maximum absolute atomic E-state index is 13.0. The molecule has 0 spiro atoms. The number of aromatic nitrogens is 2. The van der Waals surface area contributed by atoms with Gasteiger partial charge in [-0.15, -0.1) is 0 Å². The van der Waals surface area contributed by atoms with Crippen molar-refractivity contribution in [3.8, 4) is 0 Å². The van der Waals surface area contributed by atoms with Crippen molar-refractivity contribution < 1.29 is 24.4 Å². The van der Waals surface area contributed by atoms with Gasteiger partial charge in [-0.1, -0.05) is 0 Å². The third-order valence-corrected chi connectivity index (χ3v) is 5.47. The fourth-order valence-corrected chi connectivity index (χ4v) is 3.93. The van der Waals surface area contributed by atoms with Crippen molar-refractivity contribution >= 4 is 30.1 Å². The van der Waals surface area contributed by atoms with Crippen LogP contribution < -0.4 is 10.4 Å². The molecule has 8 nitrogen and oxygen atoms in total. The average Bonchev–Trinajstić information content (AvgIpc) is 2.73. The van der Waals surface area contributed by atoms with E-state index in [1.54, 1.807) is 18.3 Å². The second kappa shape index (κ2) is 8.40. The first-order chi connectivity index (χ1) is 14.1. The van der Waals surface area contributed by atoms with E-state index in [0.29, 0.717) is 42.8 Å². The van der Waals surface area contributed by atoms with Crippen LogP contribution in [0.4, 0.5) is 5.82 Å². The Bertz CT molecular complexity index is 936. The van der Waals surface area contributed by atoms with Gasteiger partial charge in [-0.2, -0.15) is 0 Å². The van der Waals surface area contributed by atoms with Gasteiger partial charge in [-0.25, -0.2) is 4.98 Å². The summed E-state index contributed by atoms with van der Waals surface area (Å²) in [5.74, 6) is 0.131. The van der Waals surface area contributed by atoms with E-state index >= 15 is 0 Å². The summed E-state index contributed by atoms with van der Waals surface area (Å²) < 4.78 is 5.85. The van der Waals surface area contributed by atoms with Gasteiger partial charge < -0.3 is 14.8 Å². The fourth-order valence-electron chi connectivity index (χ4n) is 3.93. The predicted octanol–water partition coefficient (Wildman–Crippen LogP) is 0.388. The summed E-state index contributed by atoms with van der Waals surface area (Å²) in [7, 11) is -1.74. The van der Waals surface area contributed by atoms with E-state index in [4.69, 9.17) is 4.74 Å². The number of hydrogen-bond donors (Lipinski definition) is 2. The summed E-state index contributed by atoms with van der Waals surface area (Å²) in [4.78, 5) is 35.3. The molecule has 0 bridgehead atoms. The molecule has 2 aromatic rings. The minimum Gasteiger partial charge on any atom is -0.423 e. The lowest BCUT2D eigenvalue weighted by atomic mass is 9.77. The highest BCUT2D eigenvalue weighted by Gasteiger charge is 2.32. The molecule has 150 valence electrons. The molecular weight excluding hydrogens is 373 g/mol. The van der Waals surface area contributed by atoms with E-state index in [0.717, 1.165) is 18.5 Å². The number of carbonyl (C=O) groups is 2. The number of rotatable bonds is 5. The Morgan fingerprint density at radius 2 is 2.00 bits per heavy atom. The van der Waals surface area contributed by atoms with Crippen LogP contribution in [0.25, 0.3) is 0 Å². The smallest absolute Gasteiger partial charge is 0.423 e. The molecular formula is C20H22BN3O5. The van der Waals surface area contributed by atoms with Crippen LogP contribution in [0.15, 0.2) is 30.6 Å². The zero-order valence-electron chi connectivity index (χ0n) is 16.0. The van der Waals surface area contributed by atoms with Crippen LogP contribution in [0, 0.1) is 0 Å². The molecule has 29 heavy (non-hydrogen) atoms. The molecule has 0 radical (unpaired) electrons. The summed E-state index contributed by atoms with van der Waals surface area (Å²) in [6.07, 6.45) is 6.07. The van der Waals surface area contributed by atoms with Crippen LogP contribution in [0.1, 0.15) is 47.3 Å². The van der Waals surface area contributed by atoms with Gasteiger partial charge in [0.2, 0.25) is 0 Å². The highest BCUT2D eigenvalue weighted by molar-refractivity contribution is 6.59. The van der Waals surface area contributed by atoms with Crippen molar-refractivity contribution in [3.63, 3.8) is 0 Å². The van der Waals surface area contributed by atoms with Crippen molar-refractivity contribution in [2.45, 2.75) is 44.8 Å². The Balaban J connectivity index is 1.66. The topological polar surface area (TPSA) is 113 Å². The second-order valence-corrected chi connectivity index (χ2v) is 7.29. The number of Topliss-reactive ketones (excluding diaryl/α,β-unsaturated/α-hetero) is 1. The van der Waals surface area contributed by atoms with Crippen LogP contribution >= 0.6 is 0 Å². The predicted molar refractivity (Wildman–Crippen MR) is 106 cm³/mol. The zero-order chi connectivity index (χ0) is 20.4. The number of anilines is 1. The molecule has 1 atom stereocenters. The first-order valence-corrected chi connectivity index (χ1v) is 9.80. The van der Waals surface area contributed by atoms with E-state index in [-0.39, 0.29) is 23.8 Å². The number of pyridine rings is 2. The summed E-state index contributed by atoms with van der Waals surface area (Å²) >= 11 is 0. The van der Waals surface area contributed by atoms with Gasteiger partial charge in [-0.3, -0.25) is 19.5 Å². The number of amides is 1. The van der Waals surface area contributed by atoms with Crippen molar-refractivity contribution in [1.82, 2.24) is 9.97 Å². The van der Waals surface area contributed by atoms with E-state index < -0.39 is 13.2 Å². The first-order valence-electron chi connectivity index (χ1n) is 9.80. The Morgan fingerprint density at radius 3 is 2.79 bits per heavy atom. The average molecular weight is 395 g/mol. The Hall–Kier alpha value is -2.62. The molecule has 1 fully saturated rings. The number of nitrogens with zero attached hydrogens (tertiary/aromatic N) is 3. The molecule has 2 aromatic heterocycles. The molecule has 1 aliphatic carbocycles. The number of carbonyl (C=O) groups excluding carboxylic acids is 2. The third kappa shape index (κ3) is 3.94. The molecule has 1 saturated carbocycles. The first kappa shape index (κ1) is 19.7. The van der Waals surface area contributed by atoms with Crippen LogP contribution in [-0.4, -0.2) is 51.5 Å². The molecule has 4 rings (SSSR count). The molecule has 1 amide bonds. The van der Waals surface area contributed by atoms with Crippen LogP contribution in [-0.2, 0) is 22.6 Å². The van der Waals surface area contributed by atoms with Gasteiger partial charge in [0.25, 0.3) is 5.91 Å². The molecule has 0 aromatic carbocycles. The third-order valence-electron chi connectivity index (χ3n) is 5.47. The van der Waals surface area contributed by atoms with Crippen LogP contribution in [0.3, 0.4) is 0 Å². The highest BCUT2D eigenvalue weighted by atomic mass is 16.5. The summed E-state index contributed by atoms with van der Waals surface area (Å²) in [5.41, 5.74) is 1.85. The quantitative estimate of drug-likeness (QED) is 0.704. The summed E-state index contributed by atoms with van der Waals surface area (Å²) in [5, 5.41) is 19.7. The van der Waals surface area contributed by atoms with Gasteiger partial charge >= 0.3 is 7.12 Å². The van der Waals surface area contributed by atoms with Gasteiger partial charge in [0, 0.05) is 37.3 Å². The summed E-state index contributed by atoms with van der Waals surface area (Å²) in [6, 6.07) is 4.91. The number of ketones is 1. The van der Waals surface area contributed by atoms with Crippen molar-refractivity contribution in [2.75, 3.05) is 11.4 Å². The number of ether oxygens (including phenoxy) is 1. The van der Waals surface area contributed by atoms with Crippen molar-refractivity contribution in [1.29, 1.82) is 0 Å². The van der Waals surface area contributed by atoms with Gasteiger partial charge in [0.1, 0.15) is 11.9 Å². The van der Waals surface area contributed by atoms with E-state index in [1.807, 2.05) is 0 Å². The van der Waals surface area contributed by atoms with Crippen molar-refractivity contribution in [2.24, 2.45) is 0 Å². The monoisotopic (exact) mass is 395 g/mol. The fraction of sp³-hybridized carbons (Fsp3) is 0.400. The largest absolute Gasteiger partial charge is 0.488 e. The van der Waals surface area contributed by atoms with Crippen LogP contribution in [0.2, 0.25) is 0 Å². The van der Waals surface area contributed by atoms with E-state index in [2.05, 4.69) is 9.97 Å². The Morgan fingerprint density at radius 1 is 1.14 bits per heavy atom. The maximum atomic E-state index is 13.0. The minimum atomic E-state index is -1.74. The zero-order valence-corrected chi connectivity index (χ0v) is 16.0. The lowest BCUT2D eigenvalue weighted by Crippen LogP contribution is -2.42. The summed E-state index contributed by atoms with van der Waals surface area (Å²) in [6.45, 7) is 0.340. The molecule has 9 heteroatoms. The lowest BCUT2D eigenvalue weighted by molar-refractivity contribution is -0.134. The van der Waals surface area contributed by atoms with Crippen molar-refractivity contribution in [3.05, 3.63) is 47.4 Å². The molecule has 1 aliphatic heterocycles. The normalized spacial score (nSPS) is 19.2. The number of hydrogen-bond acceptors (Lipinski definition) is 7. The SMILES string of the molecule is O=C1CCCCC1OCc1c(B(O)O)ccnc1N1CCc2ncccc2C1=O. The highest BCUT2D eigenvalue weighted by Crippen LogP contribution is 2.26. The van der Waals surface area contributed by atoms with Gasteiger partial charge in [0.05, 0.1) is 17.9 Å². The van der Waals surface area contributed by atoms with Crippen LogP contribution in [0.5, 0.6) is 0 Å². The molecule has 3 heterocycles. The molecule has 0 saturated heterocycles. The second-order valence-electron chi connectivity index (χ2n) is 7.29. The van der Waals surface area contributed by atoms with Gasteiger partial charge in [0.15, 0.2) is 5.78 Å². The van der Waals surface area contributed by atoms with Gasteiger partial charge in [-0.05, 0) is 42.9 Å². The van der Waals surface area contributed by atoms with E-state index in [1.165, 1.54) is 17.2 Å².